The predicted molar refractivity (Wildman–Crippen MR) is 114 cm³/mol. The first-order valence-electron chi connectivity index (χ1n) is 10.8. The molecular weight excluding hydrogens is 518 g/mol. The molecule has 0 heterocycles. The first-order valence-corrected chi connectivity index (χ1v) is 10.8. The number of halogens is 9. The smallest absolute Gasteiger partial charge is 0.386 e. The van der Waals surface area contributed by atoms with Crippen molar-refractivity contribution in [3.63, 3.8) is 0 Å². The van der Waals surface area contributed by atoms with Crippen LogP contribution in [0.4, 0.5) is 39.5 Å². The first-order chi connectivity index (χ1) is 17.6. The standard InChI is InChI=1S/C24H18BF9O3/c26-16-4-1-13(19(29)22(16)32)7-10-35-25(36-11-8-14-2-5-17(27)23(33)20(14)30)37-12-9-15-3-6-18(28)24(34)21(15)31/h1-6H,7-12H2. The molecule has 0 saturated heterocycles. The van der Waals surface area contributed by atoms with Crippen LogP contribution in [0, 0.1) is 52.4 Å². The summed E-state index contributed by atoms with van der Waals surface area (Å²) in [5.41, 5.74) is -0.652. The van der Waals surface area contributed by atoms with Gasteiger partial charge in [-0.2, -0.15) is 0 Å². The van der Waals surface area contributed by atoms with Crippen molar-refractivity contribution in [2.24, 2.45) is 0 Å². The van der Waals surface area contributed by atoms with E-state index in [0.29, 0.717) is 0 Å². The summed E-state index contributed by atoms with van der Waals surface area (Å²) < 4.78 is 137. The molecule has 0 aliphatic carbocycles. The quantitative estimate of drug-likeness (QED) is 0.162. The molecule has 3 rings (SSSR count). The molecule has 0 bridgehead atoms. The Bertz CT molecular complexity index is 1090. The highest BCUT2D eigenvalue weighted by Crippen LogP contribution is 2.18. The fourth-order valence-corrected chi connectivity index (χ4v) is 3.22. The van der Waals surface area contributed by atoms with Gasteiger partial charge in [0.25, 0.3) is 0 Å². The largest absolute Gasteiger partial charge is 0.639 e. The minimum Gasteiger partial charge on any atom is -0.386 e. The first kappa shape index (κ1) is 28.5. The van der Waals surface area contributed by atoms with Gasteiger partial charge in [-0.15, -0.1) is 0 Å². The van der Waals surface area contributed by atoms with Gasteiger partial charge in [0.2, 0.25) is 0 Å². The zero-order chi connectivity index (χ0) is 27.1. The second kappa shape index (κ2) is 13.0. The van der Waals surface area contributed by atoms with Crippen molar-refractivity contribution in [2.45, 2.75) is 19.3 Å². The average Bonchev–Trinajstić information content (AvgIpc) is 2.88. The number of benzene rings is 3. The summed E-state index contributed by atoms with van der Waals surface area (Å²) in [6, 6.07) is 5.20. The van der Waals surface area contributed by atoms with Gasteiger partial charge in [0, 0.05) is 19.8 Å². The van der Waals surface area contributed by atoms with Gasteiger partial charge in [-0.3, -0.25) is 0 Å². The van der Waals surface area contributed by atoms with Gasteiger partial charge in [0.1, 0.15) is 0 Å². The van der Waals surface area contributed by atoms with E-state index in [-0.39, 0.29) is 55.8 Å². The van der Waals surface area contributed by atoms with E-state index in [0.717, 1.165) is 36.4 Å². The van der Waals surface area contributed by atoms with Crippen LogP contribution in [0.2, 0.25) is 0 Å². The summed E-state index contributed by atoms with van der Waals surface area (Å²) in [4.78, 5) is 0. The van der Waals surface area contributed by atoms with Crippen LogP contribution in [-0.4, -0.2) is 27.1 Å². The van der Waals surface area contributed by atoms with E-state index in [1.807, 2.05) is 0 Å². The normalized spacial score (nSPS) is 11.3. The van der Waals surface area contributed by atoms with E-state index in [4.69, 9.17) is 14.0 Å². The second-order valence-electron chi connectivity index (χ2n) is 7.65. The molecular formula is C24H18BF9O3. The van der Waals surface area contributed by atoms with Crippen molar-refractivity contribution in [2.75, 3.05) is 19.8 Å². The molecule has 0 saturated carbocycles. The maximum absolute atomic E-state index is 13.8. The van der Waals surface area contributed by atoms with Crippen molar-refractivity contribution >= 4 is 7.32 Å². The predicted octanol–water partition coefficient (Wildman–Crippen LogP) is 6.00. The summed E-state index contributed by atoms with van der Waals surface area (Å²) in [6.07, 6.45) is -0.744. The molecule has 3 nitrogen and oxygen atoms in total. The van der Waals surface area contributed by atoms with Gasteiger partial charge in [-0.05, 0) is 54.2 Å². The average molecular weight is 536 g/mol. The molecule has 3 aromatic rings. The highest BCUT2D eigenvalue weighted by molar-refractivity contribution is 6.36. The molecule has 3 aromatic carbocycles. The third kappa shape index (κ3) is 7.27. The molecule has 198 valence electrons. The Hall–Kier alpha value is -3.03. The fraction of sp³-hybridized carbons (Fsp3) is 0.250. The highest BCUT2D eigenvalue weighted by atomic mass is 19.2. The Balaban J connectivity index is 1.61. The minimum atomic E-state index is -1.66. The summed E-state index contributed by atoms with van der Waals surface area (Å²) in [7, 11) is -1.55. The molecule has 0 radical (unpaired) electrons. The van der Waals surface area contributed by atoms with Gasteiger partial charge < -0.3 is 14.0 Å². The molecule has 0 amide bonds. The lowest BCUT2D eigenvalue weighted by Gasteiger charge is -2.15. The van der Waals surface area contributed by atoms with E-state index < -0.39 is 59.7 Å². The van der Waals surface area contributed by atoms with Crippen LogP contribution in [0.25, 0.3) is 0 Å². The molecule has 0 aliphatic heterocycles. The minimum absolute atomic E-state index is 0.217. The van der Waals surface area contributed by atoms with Crippen LogP contribution in [0.5, 0.6) is 0 Å². The molecule has 0 aromatic heterocycles. The Morgan fingerprint density at radius 1 is 0.405 bits per heavy atom. The molecule has 0 atom stereocenters. The van der Waals surface area contributed by atoms with E-state index in [1.54, 1.807) is 0 Å². The van der Waals surface area contributed by atoms with Gasteiger partial charge in [-0.1, -0.05) is 18.2 Å². The third-order valence-corrected chi connectivity index (χ3v) is 5.22. The maximum Gasteiger partial charge on any atom is 0.639 e. The topological polar surface area (TPSA) is 27.7 Å². The van der Waals surface area contributed by atoms with E-state index in [2.05, 4.69) is 0 Å². The van der Waals surface area contributed by atoms with Crippen LogP contribution >= 0.6 is 0 Å². The van der Waals surface area contributed by atoms with Crippen molar-refractivity contribution in [3.05, 3.63) is 105 Å². The third-order valence-electron chi connectivity index (χ3n) is 5.22. The van der Waals surface area contributed by atoms with Crippen molar-refractivity contribution in [1.29, 1.82) is 0 Å². The Morgan fingerprint density at radius 3 is 0.946 bits per heavy atom. The Labute approximate surface area is 205 Å². The zero-order valence-electron chi connectivity index (χ0n) is 18.9. The summed E-state index contributed by atoms with van der Waals surface area (Å²) in [5.74, 6) is -13.4. The monoisotopic (exact) mass is 536 g/mol. The van der Waals surface area contributed by atoms with Crippen LogP contribution in [0.3, 0.4) is 0 Å². The van der Waals surface area contributed by atoms with Gasteiger partial charge >= 0.3 is 7.32 Å². The van der Waals surface area contributed by atoms with Gasteiger partial charge in [0.15, 0.2) is 52.4 Å². The SMILES string of the molecule is Fc1ccc(CCOB(OCCc2ccc(F)c(F)c2F)OCCc2ccc(F)c(F)c2F)c(F)c1F. The molecule has 37 heavy (non-hydrogen) atoms. The van der Waals surface area contributed by atoms with Crippen molar-refractivity contribution in [1.82, 2.24) is 0 Å². The molecule has 0 fully saturated rings. The molecule has 0 spiro atoms. The number of rotatable bonds is 12. The van der Waals surface area contributed by atoms with Gasteiger partial charge in [-0.25, -0.2) is 39.5 Å². The summed E-state index contributed by atoms with van der Waals surface area (Å²) >= 11 is 0. The molecule has 13 heteroatoms. The lowest BCUT2D eigenvalue weighted by molar-refractivity contribution is 0.0951. The van der Waals surface area contributed by atoms with Crippen LogP contribution in [-0.2, 0) is 33.2 Å². The van der Waals surface area contributed by atoms with Crippen molar-refractivity contribution < 1.29 is 53.5 Å². The van der Waals surface area contributed by atoms with Crippen LogP contribution < -0.4 is 0 Å². The number of hydrogen-bond acceptors (Lipinski definition) is 3. The van der Waals surface area contributed by atoms with Crippen LogP contribution in [0.1, 0.15) is 16.7 Å². The molecule has 0 aliphatic rings. The molecule has 0 N–H and O–H groups in total. The van der Waals surface area contributed by atoms with E-state index >= 15 is 0 Å². The molecule has 0 unspecified atom stereocenters. The second-order valence-corrected chi connectivity index (χ2v) is 7.65. The Morgan fingerprint density at radius 2 is 0.676 bits per heavy atom. The van der Waals surface area contributed by atoms with Crippen molar-refractivity contribution in [3.8, 4) is 0 Å². The van der Waals surface area contributed by atoms with E-state index in [1.165, 1.54) is 0 Å². The van der Waals surface area contributed by atoms with Gasteiger partial charge in [0.05, 0.1) is 0 Å². The fourth-order valence-electron chi connectivity index (χ4n) is 3.22. The maximum atomic E-state index is 13.8. The van der Waals surface area contributed by atoms with E-state index in [9.17, 15) is 39.5 Å². The summed E-state index contributed by atoms with van der Waals surface area (Å²) in [5, 5.41) is 0. The summed E-state index contributed by atoms with van der Waals surface area (Å²) in [6.45, 7) is -1.02. The number of hydrogen-bond donors (Lipinski definition) is 0. The highest BCUT2D eigenvalue weighted by Gasteiger charge is 2.24. The Kier molecular flexibility index (Phi) is 10.0. The zero-order valence-corrected chi connectivity index (χ0v) is 18.9. The van der Waals surface area contributed by atoms with Crippen LogP contribution in [0.15, 0.2) is 36.4 Å². The lowest BCUT2D eigenvalue weighted by atomic mass is 10.1. The lowest BCUT2D eigenvalue weighted by Crippen LogP contribution is -2.30.